The lowest BCUT2D eigenvalue weighted by molar-refractivity contribution is 0.0953. The quantitative estimate of drug-likeness (QED) is 0.156. The van der Waals surface area contributed by atoms with Gasteiger partial charge in [-0.1, -0.05) is 89.4 Å². The van der Waals surface area contributed by atoms with Gasteiger partial charge in [0.1, 0.15) is 5.69 Å². The zero-order valence-electron chi connectivity index (χ0n) is 21.7. The monoisotopic (exact) mass is 655 g/mol. The molecule has 0 saturated heterocycles. The molecule has 5 rings (SSSR count). The average molecular weight is 657 g/mol. The number of halogens is 3. The maximum Gasteiger partial charge on any atom is 0.253 e. The van der Waals surface area contributed by atoms with Gasteiger partial charge in [0.05, 0.1) is 34.2 Å². The number of nitrogens with one attached hydrogen (secondary N) is 1. The topological polar surface area (TPSA) is 98.2 Å². The van der Waals surface area contributed by atoms with E-state index in [9.17, 15) is 13.6 Å². The molecule has 0 saturated carbocycles. The smallest absolute Gasteiger partial charge is 0.253 e. The van der Waals surface area contributed by atoms with E-state index in [2.05, 4.69) is 14.1 Å². The van der Waals surface area contributed by atoms with Crippen molar-refractivity contribution in [1.29, 1.82) is 0 Å². The molecule has 0 bridgehead atoms. The maximum atomic E-state index is 13.7. The van der Waals surface area contributed by atoms with Crippen LogP contribution in [-0.2, 0) is 17.7 Å². The van der Waals surface area contributed by atoms with Gasteiger partial charge in [0.15, 0.2) is 5.82 Å². The molecule has 214 valence electrons. The minimum atomic E-state index is -2.84. The van der Waals surface area contributed by atoms with Crippen molar-refractivity contribution >= 4 is 75.2 Å². The van der Waals surface area contributed by atoms with Crippen LogP contribution in [0.15, 0.2) is 97.1 Å². The average Bonchev–Trinajstić information content (AvgIpc) is 3.42. The standard InChI is InChI=1S/C30H23Cl3N4O3S2/c31-22-10-6-20(7-11-22)26(21-8-12-23(32)13-9-21)18-34-30(38)25-15-14-24(33)17-28(25)37(42(39)40)29-27(35-41-36-29)16-19-4-2-1-3-5-19/h1-15,17,26H,16,18H2,(H,34,38)(H,39,40)/p-1. The Morgan fingerprint density at radius 1 is 0.857 bits per heavy atom. The van der Waals surface area contributed by atoms with Crippen molar-refractivity contribution in [3.63, 3.8) is 0 Å². The van der Waals surface area contributed by atoms with Crippen LogP contribution in [0.5, 0.6) is 0 Å². The van der Waals surface area contributed by atoms with Crippen LogP contribution in [0.1, 0.15) is 38.7 Å². The Morgan fingerprint density at radius 2 is 1.45 bits per heavy atom. The number of nitrogens with zero attached hydrogens (tertiary/aromatic N) is 3. The summed E-state index contributed by atoms with van der Waals surface area (Å²) in [5.41, 5.74) is 3.41. The van der Waals surface area contributed by atoms with E-state index in [-0.39, 0.29) is 34.6 Å². The molecule has 0 radical (unpaired) electrons. The predicted octanol–water partition coefficient (Wildman–Crippen LogP) is 7.58. The van der Waals surface area contributed by atoms with Crippen molar-refractivity contribution in [3.05, 3.63) is 140 Å². The Morgan fingerprint density at radius 3 is 2.05 bits per heavy atom. The number of hydrogen-bond acceptors (Lipinski definition) is 6. The molecular formula is C30H22Cl3N4O3S2-. The first kappa shape index (κ1) is 30.2. The molecule has 4 aromatic carbocycles. The summed E-state index contributed by atoms with van der Waals surface area (Å²) >= 11 is 16.6. The molecular weight excluding hydrogens is 635 g/mol. The molecule has 7 nitrogen and oxygen atoms in total. The number of rotatable bonds is 10. The highest BCUT2D eigenvalue weighted by molar-refractivity contribution is 7.81. The van der Waals surface area contributed by atoms with Crippen LogP contribution in [0.3, 0.4) is 0 Å². The van der Waals surface area contributed by atoms with Gasteiger partial charge in [0, 0.05) is 34.0 Å². The van der Waals surface area contributed by atoms with Crippen LogP contribution in [0, 0.1) is 0 Å². The molecule has 5 aromatic rings. The van der Waals surface area contributed by atoms with Crippen LogP contribution >= 0.6 is 46.5 Å². The van der Waals surface area contributed by atoms with Crippen LogP contribution in [0.2, 0.25) is 15.1 Å². The van der Waals surface area contributed by atoms with Gasteiger partial charge in [-0.15, -0.1) is 0 Å². The second kappa shape index (κ2) is 13.8. The van der Waals surface area contributed by atoms with E-state index in [4.69, 9.17) is 34.8 Å². The summed E-state index contributed by atoms with van der Waals surface area (Å²) in [6.07, 6.45) is 0.354. The molecule has 0 fully saturated rings. The van der Waals surface area contributed by atoms with E-state index < -0.39 is 17.2 Å². The minimum absolute atomic E-state index is 0.0601. The molecule has 1 amide bonds. The molecule has 0 aliphatic rings. The van der Waals surface area contributed by atoms with Gasteiger partial charge in [-0.2, -0.15) is 8.75 Å². The van der Waals surface area contributed by atoms with Gasteiger partial charge < -0.3 is 9.87 Å². The van der Waals surface area contributed by atoms with Gasteiger partial charge in [-0.05, 0) is 59.2 Å². The lowest BCUT2D eigenvalue weighted by atomic mass is 9.91. The molecule has 42 heavy (non-hydrogen) atoms. The lowest BCUT2D eigenvalue weighted by Gasteiger charge is -2.27. The second-order valence-electron chi connectivity index (χ2n) is 9.24. The van der Waals surface area contributed by atoms with Crippen LogP contribution < -0.4 is 9.62 Å². The number of carbonyl (C=O) groups is 1. The van der Waals surface area contributed by atoms with Crippen molar-refractivity contribution in [2.45, 2.75) is 12.3 Å². The third kappa shape index (κ3) is 7.18. The molecule has 12 heteroatoms. The maximum absolute atomic E-state index is 13.7. The Bertz CT molecular complexity index is 1660. The van der Waals surface area contributed by atoms with Gasteiger partial charge >= 0.3 is 0 Å². The number of anilines is 2. The molecule has 1 unspecified atom stereocenters. The molecule has 0 spiro atoms. The van der Waals surface area contributed by atoms with E-state index in [1.165, 1.54) is 18.2 Å². The van der Waals surface area contributed by atoms with Gasteiger partial charge in [0.25, 0.3) is 5.91 Å². The highest BCUT2D eigenvalue weighted by Crippen LogP contribution is 2.35. The summed E-state index contributed by atoms with van der Waals surface area (Å²) < 4.78 is 34.9. The normalized spacial score (nSPS) is 11.8. The van der Waals surface area contributed by atoms with Gasteiger partial charge in [-0.25, -0.2) is 0 Å². The van der Waals surface area contributed by atoms with Gasteiger partial charge in [-0.3, -0.25) is 13.3 Å². The molecule has 1 heterocycles. The zero-order valence-corrected chi connectivity index (χ0v) is 25.6. The lowest BCUT2D eigenvalue weighted by Crippen LogP contribution is -2.31. The van der Waals surface area contributed by atoms with Crippen molar-refractivity contribution in [2.24, 2.45) is 0 Å². The number of amides is 1. The second-order valence-corrected chi connectivity index (χ2v) is 11.9. The fraction of sp³-hybridized carbons (Fsp3) is 0.100. The first-order valence-corrected chi connectivity index (χ1v) is 15.5. The van der Waals surface area contributed by atoms with Crippen molar-refractivity contribution in [3.8, 4) is 0 Å². The Balaban J connectivity index is 1.46. The summed E-state index contributed by atoms with van der Waals surface area (Å²) in [6.45, 7) is 0.210. The molecule has 1 atom stereocenters. The van der Waals surface area contributed by atoms with E-state index in [1.54, 1.807) is 24.3 Å². The third-order valence-electron chi connectivity index (χ3n) is 6.53. The van der Waals surface area contributed by atoms with E-state index in [0.717, 1.165) is 32.7 Å². The highest BCUT2D eigenvalue weighted by Gasteiger charge is 2.25. The molecule has 0 aliphatic carbocycles. The first-order chi connectivity index (χ1) is 20.3. The van der Waals surface area contributed by atoms with Crippen LogP contribution in [0.4, 0.5) is 11.5 Å². The molecule has 1 N–H and O–H groups in total. The SMILES string of the molecule is O=C(NCC(c1ccc(Cl)cc1)c1ccc(Cl)cc1)c1ccc(Cl)cc1N(c1nsnc1Cc1ccccc1)S(=O)[O-]. The Hall–Kier alpha value is -3.31. The summed E-state index contributed by atoms with van der Waals surface area (Å²) in [6, 6.07) is 28.7. The largest absolute Gasteiger partial charge is 0.755 e. The van der Waals surface area contributed by atoms with Crippen molar-refractivity contribution < 1.29 is 13.6 Å². The van der Waals surface area contributed by atoms with Crippen LogP contribution in [0.25, 0.3) is 0 Å². The zero-order chi connectivity index (χ0) is 29.6. The Kier molecular flexibility index (Phi) is 9.89. The number of hydrogen-bond donors (Lipinski definition) is 1. The third-order valence-corrected chi connectivity index (χ3v) is 8.49. The molecule has 1 aromatic heterocycles. The van der Waals surface area contributed by atoms with Crippen molar-refractivity contribution in [1.82, 2.24) is 14.1 Å². The van der Waals surface area contributed by atoms with Crippen molar-refractivity contribution in [2.75, 3.05) is 10.8 Å². The first-order valence-electron chi connectivity index (χ1n) is 12.6. The summed E-state index contributed by atoms with van der Waals surface area (Å²) in [5, 5.41) is 4.41. The van der Waals surface area contributed by atoms with E-state index in [0.29, 0.717) is 22.2 Å². The van der Waals surface area contributed by atoms with Crippen LogP contribution in [-0.4, -0.2) is 30.0 Å². The van der Waals surface area contributed by atoms with Gasteiger partial charge in [0.2, 0.25) is 0 Å². The fourth-order valence-electron chi connectivity index (χ4n) is 4.49. The minimum Gasteiger partial charge on any atom is -0.755 e. The number of aromatic nitrogens is 2. The summed E-state index contributed by atoms with van der Waals surface area (Å²) in [7, 11) is 0. The number of benzene rings is 4. The fourth-order valence-corrected chi connectivity index (χ4v) is 6.11. The van der Waals surface area contributed by atoms with E-state index in [1.807, 2.05) is 54.6 Å². The highest BCUT2D eigenvalue weighted by atomic mass is 35.5. The molecule has 0 aliphatic heterocycles. The Labute approximate surface area is 264 Å². The van der Waals surface area contributed by atoms with E-state index >= 15 is 0 Å². The summed E-state index contributed by atoms with van der Waals surface area (Å²) in [5.74, 6) is -0.615. The summed E-state index contributed by atoms with van der Waals surface area (Å²) in [4.78, 5) is 13.7. The number of carbonyl (C=O) groups excluding carboxylic acids is 1. The predicted molar refractivity (Wildman–Crippen MR) is 169 cm³/mol.